The van der Waals surface area contributed by atoms with E-state index < -0.39 is 0 Å². The number of halogens is 2. The summed E-state index contributed by atoms with van der Waals surface area (Å²) in [6, 6.07) is 11.0. The Morgan fingerprint density at radius 3 is 2.51 bits per heavy atom. The van der Waals surface area contributed by atoms with Crippen LogP contribution in [0.2, 0.25) is 0 Å². The molecule has 1 amide bonds. The van der Waals surface area contributed by atoms with E-state index in [4.69, 9.17) is 4.84 Å². The molecule has 35 heavy (non-hydrogen) atoms. The number of hydrogen-bond acceptors (Lipinski definition) is 4. The molecule has 5 nitrogen and oxygen atoms in total. The lowest BCUT2D eigenvalue weighted by Gasteiger charge is -2.38. The van der Waals surface area contributed by atoms with Gasteiger partial charge in [-0.15, -0.1) is 12.4 Å². The molecule has 2 aliphatic heterocycles. The Kier molecular flexibility index (Phi) is 9.70. The van der Waals surface area contributed by atoms with E-state index in [9.17, 15) is 9.18 Å². The molecule has 0 aliphatic carbocycles. The van der Waals surface area contributed by atoms with Gasteiger partial charge in [-0.2, -0.15) is 0 Å². The number of carbonyl (C=O) groups is 1. The molecule has 0 saturated carbocycles. The van der Waals surface area contributed by atoms with E-state index in [1.54, 1.807) is 12.3 Å². The highest BCUT2D eigenvalue weighted by molar-refractivity contribution is 5.97. The molecule has 0 N–H and O–H groups in total. The number of oxime groups is 1. The van der Waals surface area contributed by atoms with Gasteiger partial charge in [0.2, 0.25) is 5.91 Å². The maximum absolute atomic E-state index is 14.2. The molecule has 0 spiro atoms. The second-order valence-corrected chi connectivity index (χ2v) is 9.87. The first kappa shape index (κ1) is 27.2. The molecule has 2 aromatic rings. The number of nitrogens with zero attached hydrogens (tertiary/aromatic N) is 3. The minimum Gasteiger partial charge on any atom is -0.394 e. The van der Waals surface area contributed by atoms with Gasteiger partial charge in [-0.1, -0.05) is 30.3 Å². The van der Waals surface area contributed by atoms with Crippen LogP contribution in [0.4, 0.5) is 10.1 Å². The zero-order chi connectivity index (χ0) is 24.1. The fourth-order valence-corrected chi connectivity index (χ4v) is 5.43. The molecule has 2 fully saturated rings. The van der Waals surface area contributed by atoms with Crippen molar-refractivity contribution in [1.29, 1.82) is 0 Å². The molecular weight excluding hydrogens is 465 g/mol. The third kappa shape index (κ3) is 6.83. The Hall–Kier alpha value is -2.44. The van der Waals surface area contributed by atoms with Crippen LogP contribution in [0.5, 0.6) is 0 Å². The van der Waals surface area contributed by atoms with Crippen LogP contribution in [0.25, 0.3) is 0 Å². The minimum absolute atomic E-state index is 0. The first-order valence-electron chi connectivity index (χ1n) is 12.5. The first-order chi connectivity index (χ1) is 16.4. The zero-order valence-corrected chi connectivity index (χ0v) is 21.8. The number of anilines is 1. The molecule has 2 aliphatic rings. The van der Waals surface area contributed by atoms with E-state index >= 15 is 0 Å². The van der Waals surface area contributed by atoms with E-state index in [2.05, 4.69) is 10.1 Å². The molecule has 7 heteroatoms. The number of piperidine rings is 1. The summed E-state index contributed by atoms with van der Waals surface area (Å²) in [4.78, 5) is 22.9. The van der Waals surface area contributed by atoms with Gasteiger partial charge in [-0.05, 0) is 99.0 Å². The predicted molar refractivity (Wildman–Crippen MR) is 142 cm³/mol. The van der Waals surface area contributed by atoms with Gasteiger partial charge in [-0.3, -0.25) is 9.69 Å². The van der Waals surface area contributed by atoms with Crippen LogP contribution in [0, 0.1) is 31.5 Å². The Morgan fingerprint density at radius 2 is 1.83 bits per heavy atom. The van der Waals surface area contributed by atoms with Crippen molar-refractivity contribution in [3.8, 4) is 0 Å². The number of hydrogen-bond donors (Lipinski definition) is 0. The van der Waals surface area contributed by atoms with Crippen LogP contribution in [-0.2, 0) is 16.1 Å². The Bertz CT molecular complexity index is 1020. The zero-order valence-electron chi connectivity index (χ0n) is 21.0. The molecule has 2 aromatic carbocycles. The van der Waals surface area contributed by atoms with Gasteiger partial charge in [0.15, 0.2) is 0 Å². The molecule has 2 heterocycles. The number of aryl methyl sites for hydroxylation is 2. The summed E-state index contributed by atoms with van der Waals surface area (Å²) >= 11 is 0. The molecule has 0 radical (unpaired) electrons. The average molecular weight is 502 g/mol. The maximum Gasteiger partial charge on any atom is 0.229 e. The fourth-order valence-electron chi connectivity index (χ4n) is 5.43. The Labute approximate surface area is 214 Å². The second kappa shape index (κ2) is 12.5. The van der Waals surface area contributed by atoms with Crippen molar-refractivity contribution >= 4 is 30.2 Å². The molecule has 4 rings (SSSR count). The van der Waals surface area contributed by atoms with Gasteiger partial charge in [0.05, 0.1) is 6.21 Å². The van der Waals surface area contributed by atoms with Crippen LogP contribution in [-0.4, -0.2) is 49.8 Å². The second-order valence-electron chi connectivity index (χ2n) is 9.87. The van der Waals surface area contributed by atoms with Gasteiger partial charge in [0, 0.05) is 24.7 Å². The quantitative estimate of drug-likeness (QED) is 0.271. The lowest BCUT2D eigenvalue weighted by molar-refractivity contribution is -0.124. The molecule has 0 unspecified atom stereocenters. The summed E-state index contributed by atoms with van der Waals surface area (Å²) < 4.78 is 14.2. The highest BCUT2D eigenvalue weighted by Crippen LogP contribution is 2.34. The largest absolute Gasteiger partial charge is 0.394 e. The van der Waals surface area contributed by atoms with Crippen molar-refractivity contribution in [1.82, 2.24) is 4.90 Å². The number of likely N-dealkylation sites (tertiary alicyclic amines) is 1. The van der Waals surface area contributed by atoms with Gasteiger partial charge >= 0.3 is 0 Å². The summed E-state index contributed by atoms with van der Waals surface area (Å²) in [6.45, 7) is 10.5. The average Bonchev–Trinajstić information content (AvgIpc) is 3.31. The SMILES string of the molecule is Cc1cc(C=NOCCN2CCCC2)cc(C)c1N1C[C@@H](Cc2ccccc2F)C[C@@H](C)C1=O.Cl. The standard InChI is InChI=1S/C28H36FN3O2.ClH/c1-20-14-23(18-30-34-13-12-31-10-6-7-11-31)15-21(2)27(20)32-19-24(16-22(3)28(32)33)17-25-8-4-5-9-26(25)29;/h4-5,8-9,14-15,18,22,24H,6-7,10-13,16-17,19H2,1-3H3;1H/t22-,24-;/m1./s1. The number of amides is 1. The monoisotopic (exact) mass is 501 g/mol. The lowest BCUT2D eigenvalue weighted by Crippen LogP contribution is -2.46. The van der Waals surface area contributed by atoms with Crippen LogP contribution < -0.4 is 4.90 Å². The summed E-state index contributed by atoms with van der Waals surface area (Å²) in [5.41, 5.74) is 4.71. The van der Waals surface area contributed by atoms with Crippen LogP contribution in [0.3, 0.4) is 0 Å². The molecule has 190 valence electrons. The van der Waals surface area contributed by atoms with E-state index in [-0.39, 0.29) is 36.0 Å². The minimum atomic E-state index is -0.169. The Balaban J connectivity index is 0.00000342. The third-order valence-electron chi connectivity index (χ3n) is 7.04. The van der Waals surface area contributed by atoms with Crippen molar-refractivity contribution in [2.75, 3.05) is 37.7 Å². The molecule has 2 saturated heterocycles. The van der Waals surface area contributed by atoms with E-state index in [0.29, 0.717) is 19.6 Å². The number of rotatable bonds is 8. The molecule has 0 bridgehead atoms. The van der Waals surface area contributed by atoms with E-state index in [1.807, 2.05) is 49.9 Å². The van der Waals surface area contributed by atoms with Crippen molar-refractivity contribution in [3.05, 3.63) is 64.5 Å². The molecule has 2 atom stereocenters. The van der Waals surface area contributed by atoms with Crippen molar-refractivity contribution < 1.29 is 14.0 Å². The topological polar surface area (TPSA) is 45.1 Å². The highest BCUT2D eigenvalue weighted by Gasteiger charge is 2.34. The number of benzene rings is 2. The normalized spacial score (nSPS) is 20.9. The lowest BCUT2D eigenvalue weighted by atomic mass is 9.84. The number of carbonyl (C=O) groups excluding carboxylic acids is 1. The van der Waals surface area contributed by atoms with Crippen molar-refractivity contribution in [3.63, 3.8) is 0 Å². The van der Waals surface area contributed by atoms with Gasteiger partial charge in [0.1, 0.15) is 12.4 Å². The van der Waals surface area contributed by atoms with Gasteiger partial charge in [0.25, 0.3) is 0 Å². The molecule has 0 aromatic heterocycles. The van der Waals surface area contributed by atoms with Crippen LogP contribution >= 0.6 is 12.4 Å². The predicted octanol–water partition coefficient (Wildman–Crippen LogP) is 5.54. The highest BCUT2D eigenvalue weighted by atomic mass is 35.5. The Morgan fingerprint density at radius 1 is 1.14 bits per heavy atom. The maximum atomic E-state index is 14.2. The van der Waals surface area contributed by atoms with Crippen LogP contribution in [0.1, 0.15) is 48.4 Å². The fraction of sp³-hybridized carbons (Fsp3) is 0.500. The third-order valence-corrected chi connectivity index (χ3v) is 7.04. The van der Waals surface area contributed by atoms with Gasteiger partial charge in [-0.25, -0.2) is 4.39 Å². The van der Waals surface area contributed by atoms with E-state index in [1.165, 1.54) is 18.9 Å². The van der Waals surface area contributed by atoms with Crippen molar-refractivity contribution in [2.45, 2.75) is 46.5 Å². The van der Waals surface area contributed by atoms with Crippen molar-refractivity contribution in [2.24, 2.45) is 17.0 Å². The van der Waals surface area contributed by atoms with Gasteiger partial charge < -0.3 is 9.74 Å². The summed E-state index contributed by atoms with van der Waals surface area (Å²) in [5.74, 6) is 0.100. The smallest absolute Gasteiger partial charge is 0.229 e. The first-order valence-corrected chi connectivity index (χ1v) is 12.5. The van der Waals surface area contributed by atoms with Crippen LogP contribution in [0.15, 0.2) is 41.6 Å². The summed E-state index contributed by atoms with van der Waals surface area (Å²) in [6.07, 6.45) is 5.71. The summed E-state index contributed by atoms with van der Waals surface area (Å²) in [5, 5.41) is 4.15. The molecular formula is C28H37ClFN3O2. The van der Waals surface area contributed by atoms with E-state index in [0.717, 1.165) is 54.0 Å². The summed E-state index contributed by atoms with van der Waals surface area (Å²) in [7, 11) is 0.